The second-order valence-corrected chi connectivity index (χ2v) is 8.30. The van der Waals surface area contributed by atoms with Crippen molar-refractivity contribution < 1.29 is 14.3 Å². The number of ether oxygens (including phenoxy) is 2. The van der Waals surface area contributed by atoms with Gasteiger partial charge in [0, 0.05) is 11.6 Å². The van der Waals surface area contributed by atoms with E-state index in [2.05, 4.69) is 20.4 Å². The van der Waals surface area contributed by atoms with Crippen molar-refractivity contribution in [3.05, 3.63) is 69.6 Å². The van der Waals surface area contributed by atoms with Crippen LogP contribution in [0.1, 0.15) is 5.56 Å². The zero-order chi connectivity index (χ0) is 22.1. The minimum atomic E-state index is -0.327. The second kappa shape index (κ2) is 8.56. The summed E-state index contributed by atoms with van der Waals surface area (Å²) in [6.45, 7) is 0.550. The highest BCUT2D eigenvalue weighted by Gasteiger charge is 2.15. The van der Waals surface area contributed by atoms with Gasteiger partial charge in [-0.05, 0) is 35.9 Å². The first-order valence-electron chi connectivity index (χ1n) is 9.59. The third-order valence-electron chi connectivity index (χ3n) is 4.74. The number of rotatable bonds is 6. The summed E-state index contributed by atoms with van der Waals surface area (Å²) >= 11 is 7.20. The Morgan fingerprint density at radius 3 is 2.97 bits per heavy atom. The SMILES string of the molecule is O=C(CSc1nc2c(cnn2-c2cccc(Cl)c2)c(=O)[nH]1)NCc1ccc2c(c1)OCO2. The van der Waals surface area contributed by atoms with E-state index in [1.54, 1.807) is 22.9 Å². The van der Waals surface area contributed by atoms with Crippen molar-refractivity contribution >= 4 is 40.3 Å². The van der Waals surface area contributed by atoms with Crippen molar-refractivity contribution in [3.8, 4) is 17.2 Å². The molecule has 32 heavy (non-hydrogen) atoms. The van der Waals surface area contributed by atoms with Gasteiger partial charge in [-0.3, -0.25) is 9.59 Å². The Labute approximate surface area is 190 Å². The Hall–Kier alpha value is -3.50. The normalized spacial score (nSPS) is 12.3. The number of halogens is 1. The van der Waals surface area contributed by atoms with Gasteiger partial charge in [-0.1, -0.05) is 35.5 Å². The summed E-state index contributed by atoms with van der Waals surface area (Å²) < 4.78 is 12.2. The average Bonchev–Trinajstić information content (AvgIpc) is 3.43. The molecular formula is C21H16ClN5O4S. The van der Waals surface area contributed by atoms with E-state index in [0.717, 1.165) is 17.3 Å². The molecule has 2 N–H and O–H groups in total. The predicted molar refractivity (Wildman–Crippen MR) is 120 cm³/mol. The standard InChI is InChI=1S/C21H16ClN5O4S/c22-13-2-1-3-14(7-13)27-19-15(9-24-27)20(29)26-21(25-19)32-10-18(28)23-8-12-4-5-16-17(6-12)31-11-30-16/h1-7,9H,8,10-11H2,(H,23,28)(H,25,26,29). The third-order valence-corrected chi connectivity index (χ3v) is 5.84. The Morgan fingerprint density at radius 2 is 2.09 bits per heavy atom. The van der Waals surface area contributed by atoms with E-state index in [0.29, 0.717) is 44.9 Å². The second-order valence-electron chi connectivity index (χ2n) is 6.90. The van der Waals surface area contributed by atoms with Gasteiger partial charge < -0.3 is 19.8 Å². The van der Waals surface area contributed by atoms with Crippen LogP contribution in [0, 0.1) is 0 Å². The third kappa shape index (κ3) is 4.14. The van der Waals surface area contributed by atoms with Gasteiger partial charge in [0.1, 0.15) is 5.39 Å². The molecule has 3 heterocycles. The van der Waals surface area contributed by atoms with E-state index in [1.165, 1.54) is 6.20 Å². The number of carbonyl (C=O) groups is 1. The molecule has 1 aliphatic heterocycles. The fourth-order valence-electron chi connectivity index (χ4n) is 3.20. The Morgan fingerprint density at radius 1 is 1.22 bits per heavy atom. The molecule has 0 bridgehead atoms. The number of amides is 1. The first-order valence-corrected chi connectivity index (χ1v) is 11.0. The van der Waals surface area contributed by atoms with Crippen molar-refractivity contribution in [3.63, 3.8) is 0 Å². The maximum absolute atomic E-state index is 12.4. The summed E-state index contributed by atoms with van der Waals surface area (Å²) in [4.78, 5) is 31.9. The number of nitrogens with zero attached hydrogens (tertiary/aromatic N) is 3. The fourth-order valence-corrected chi connectivity index (χ4v) is 4.07. The molecule has 0 radical (unpaired) electrons. The summed E-state index contributed by atoms with van der Waals surface area (Å²) in [5.74, 6) is 1.25. The average molecular weight is 470 g/mol. The van der Waals surface area contributed by atoms with Crippen LogP contribution in [0.2, 0.25) is 5.02 Å². The molecule has 162 valence electrons. The summed E-state index contributed by atoms with van der Waals surface area (Å²) in [5.41, 5.74) is 1.64. The minimum Gasteiger partial charge on any atom is -0.454 e. The van der Waals surface area contributed by atoms with Crippen LogP contribution in [0.5, 0.6) is 11.5 Å². The number of aromatic amines is 1. The molecule has 11 heteroatoms. The number of benzene rings is 2. The fraction of sp³-hybridized carbons (Fsp3) is 0.143. The van der Waals surface area contributed by atoms with E-state index in [4.69, 9.17) is 21.1 Å². The van der Waals surface area contributed by atoms with Crippen LogP contribution in [0.25, 0.3) is 16.7 Å². The number of carbonyl (C=O) groups excluding carboxylic acids is 1. The monoisotopic (exact) mass is 469 g/mol. The molecule has 0 saturated heterocycles. The van der Waals surface area contributed by atoms with Crippen LogP contribution in [0.4, 0.5) is 0 Å². The number of hydrogen-bond donors (Lipinski definition) is 2. The Bertz CT molecular complexity index is 1390. The molecule has 0 spiro atoms. The first-order chi connectivity index (χ1) is 15.6. The van der Waals surface area contributed by atoms with E-state index in [-0.39, 0.29) is 24.0 Å². The van der Waals surface area contributed by atoms with Crippen LogP contribution in [0.3, 0.4) is 0 Å². The van der Waals surface area contributed by atoms with Crippen LogP contribution >= 0.6 is 23.4 Å². The Kier molecular flexibility index (Phi) is 5.46. The topological polar surface area (TPSA) is 111 Å². The highest BCUT2D eigenvalue weighted by Crippen LogP contribution is 2.32. The van der Waals surface area contributed by atoms with Gasteiger partial charge >= 0.3 is 0 Å². The van der Waals surface area contributed by atoms with E-state index < -0.39 is 0 Å². The van der Waals surface area contributed by atoms with Crippen molar-refractivity contribution in [1.82, 2.24) is 25.1 Å². The molecule has 9 nitrogen and oxygen atoms in total. The number of aromatic nitrogens is 4. The van der Waals surface area contributed by atoms with Crippen molar-refractivity contribution in [2.75, 3.05) is 12.5 Å². The summed E-state index contributed by atoms with van der Waals surface area (Å²) in [5, 5.41) is 8.32. The highest BCUT2D eigenvalue weighted by atomic mass is 35.5. The maximum Gasteiger partial charge on any atom is 0.262 e. The Balaban J connectivity index is 1.27. The van der Waals surface area contributed by atoms with Crippen LogP contribution < -0.4 is 20.3 Å². The van der Waals surface area contributed by atoms with Crippen molar-refractivity contribution in [2.45, 2.75) is 11.7 Å². The van der Waals surface area contributed by atoms with E-state index >= 15 is 0 Å². The van der Waals surface area contributed by atoms with Gasteiger partial charge in [0.15, 0.2) is 22.3 Å². The summed E-state index contributed by atoms with van der Waals surface area (Å²) in [7, 11) is 0. The molecule has 5 rings (SSSR count). The zero-order valence-corrected chi connectivity index (χ0v) is 18.1. The van der Waals surface area contributed by atoms with Crippen molar-refractivity contribution in [2.24, 2.45) is 0 Å². The van der Waals surface area contributed by atoms with Gasteiger partial charge in [0.05, 0.1) is 17.6 Å². The molecule has 0 atom stereocenters. The quantitative estimate of drug-likeness (QED) is 0.330. The van der Waals surface area contributed by atoms with Crippen LogP contribution in [-0.2, 0) is 11.3 Å². The zero-order valence-electron chi connectivity index (χ0n) is 16.5. The minimum absolute atomic E-state index is 0.0876. The predicted octanol–water partition coefficient (Wildman–Crippen LogP) is 2.90. The summed E-state index contributed by atoms with van der Waals surface area (Å²) in [6.07, 6.45) is 1.45. The highest BCUT2D eigenvalue weighted by molar-refractivity contribution is 7.99. The number of nitrogens with one attached hydrogen (secondary N) is 2. The van der Waals surface area contributed by atoms with Gasteiger partial charge in [-0.25, -0.2) is 9.67 Å². The maximum atomic E-state index is 12.4. The molecule has 0 saturated carbocycles. The smallest absolute Gasteiger partial charge is 0.262 e. The lowest BCUT2D eigenvalue weighted by Crippen LogP contribution is -2.24. The lowest BCUT2D eigenvalue weighted by molar-refractivity contribution is -0.118. The van der Waals surface area contributed by atoms with Crippen LogP contribution in [0.15, 0.2) is 58.6 Å². The molecule has 2 aromatic heterocycles. The molecule has 0 unspecified atom stereocenters. The lowest BCUT2D eigenvalue weighted by atomic mass is 10.2. The largest absolute Gasteiger partial charge is 0.454 e. The number of H-pyrrole nitrogens is 1. The number of thioether (sulfide) groups is 1. The molecule has 1 aliphatic rings. The summed E-state index contributed by atoms with van der Waals surface area (Å²) in [6, 6.07) is 12.6. The molecular weight excluding hydrogens is 454 g/mol. The molecule has 1 amide bonds. The van der Waals surface area contributed by atoms with Gasteiger partial charge in [-0.2, -0.15) is 5.10 Å². The molecule has 2 aromatic carbocycles. The van der Waals surface area contributed by atoms with E-state index in [1.807, 2.05) is 24.3 Å². The van der Waals surface area contributed by atoms with Gasteiger partial charge in [0.2, 0.25) is 12.7 Å². The van der Waals surface area contributed by atoms with Crippen molar-refractivity contribution in [1.29, 1.82) is 0 Å². The number of hydrogen-bond acceptors (Lipinski definition) is 7. The number of fused-ring (bicyclic) bond motifs is 2. The van der Waals surface area contributed by atoms with E-state index in [9.17, 15) is 9.59 Å². The van der Waals surface area contributed by atoms with Gasteiger partial charge in [-0.15, -0.1) is 0 Å². The van der Waals surface area contributed by atoms with Gasteiger partial charge in [0.25, 0.3) is 5.56 Å². The molecule has 0 aliphatic carbocycles. The lowest BCUT2D eigenvalue weighted by Gasteiger charge is -2.07. The first kappa shape index (κ1) is 20.4. The molecule has 4 aromatic rings. The van der Waals surface area contributed by atoms with Crippen LogP contribution in [-0.4, -0.2) is 38.2 Å². The molecule has 0 fully saturated rings.